The summed E-state index contributed by atoms with van der Waals surface area (Å²) in [7, 11) is 0. The Morgan fingerprint density at radius 3 is 2.00 bits per heavy atom. The Bertz CT molecular complexity index is 1170. The SMILES string of the molecule is CCCCc1[nH]c(-c2ccc(C)cc2)nc1CN1CCN(C(c2ccccc2)c2ccccc2)CC1. The predicted octanol–water partition coefficient (Wildman–Crippen LogP) is 6.63. The fourth-order valence-electron chi connectivity index (χ4n) is 5.26. The van der Waals surface area contributed by atoms with Crippen LogP contribution in [0.2, 0.25) is 0 Å². The van der Waals surface area contributed by atoms with Crippen molar-refractivity contribution in [2.24, 2.45) is 0 Å². The van der Waals surface area contributed by atoms with Gasteiger partial charge in [-0.15, -0.1) is 0 Å². The third-order valence-electron chi connectivity index (χ3n) is 7.35. The van der Waals surface area contributed by atoms with E-state index >= 15 is 0 Å². The Balaban J connectivity index is 1.30. The van der Waals surface area contributed by atoms with Gasteiger partial charge in [0.1, 0.15) is 5.82 Å². The van der Waals surface area contributed by atoms with E-state index < -0.39 is 0 Å². The van der Waals surface area contributed by atoms with Crippen molar-refractivity contribution >= 4 is 0 Å². The van der Waals surface area contributed by atoms with E-state index in [-0.39, 0.29) is 0 Å². The van der Waals surface area contributed by atoms with Gasteiger partial charge in [-0.25, -0.2) is 4.98 Å². The largest absolute Gasteiger partial charge is 0.342 e. The average molecular weight is 479 g/mol. The minimum Gasteiger partial charge on any atom is -0.342 e. The number of nitrogens with zero attached hydrogens (tertiary/aromatic N) is 3. The second-order valence-electron chi connectivity index (χ2n) is 10.0. The highest BCUT2D eigenvalue weighted by Gasteiger charge is 2.27. The molecular formula is C32H38N4. The van der Waals surface area contributed by atoms with Crippen molar-refractivity contribution < 1.29 is 0 Å². The molecule has 0 radical (unpaired) electrons. The van der Waals surface area contributed by atoms with Crippen molar-refractivity contribution in [3.63, 3.8) is 0 Å². The van der Waals surface area contributed by atoms with Crippen LogP contribution in [-0.2, 0) is 13.0 Å². The molecule has 186 valence electrons. The summed E-state index contributed by atoms with van der Waals surface area (Å²) in [5.41, 5.74) is 7.71. The van der Waals surface area contributed by atoms with Crippen LogP contribution in [0.5, 0.6) is 0 Å². The first-order valence-electron chi connectivity index (χ1n) is 13.4. The van der Waals surface area contributed by atoms with Gasteiger partial charge in [-0.05, 0) is 30.9 Å². The Morgan fingerprint density at radius 1 is 0.806 bits per heavy atom. The molecule has 0 aliphatic carbocycles. The fourth-order valence-corrected chi connectivity index (χ4v) is 5.26. The van der Waals surface area contributed by atoms with Gasteiger partial charge in [0.25, 0.3) is 0 Å². The maximum Gasteiger partial charge on any atom is 0.137 e. The summed E-state index contributed by atoms with van der Waals surface area (Å²) in [6, 6.07) is 30.9. The Labute approximate surface area is 216 Å². The van der Waals surface area contributed by atoms with E-state index in [0.29, 0.717) is 6.04 Å². The van der Waals surface area contributed by atoms with Crippen LogP contribution in [0.15, 0.2) is 84.9 Å². The number of aromatic nitrogens is 2. The van der Waals surface area contributed by atoms with Crippen LogP contribution >= 0.6 is 0 Å². The summed E-state index contributed by atoms with van der Waals surface area (Å²) < 4.78 is 0. The van der Waals surface area contributed by atoms with Gasteiger partial charge in [0.15, 0.2) is 0 Å². The topological polar surface area (TPSA) is 35.2 Å². The molecule has 1 fully saturated rings. The normalized spacial score (nSPS) is 15.0. The second kappa shape index (κ2) is 11.7. The number of aryl methyl sites for hydroxylation is 2. The summed E-state index contributed by atoms with van der Waals surface area (Å²) in [4.78, 5) is 14.0. The summed E-state index contributed by atoms with van der Waals surface area (Å²) in [5, 5.41) is 0. The molecule has 2 heterocycles. The molecule has 0 amide bonds. The molecule has 1 N–H and O–H groups in total. The number of hydrogen-bond donors (Lipinski definition) is 1. The molecule has 1 aromatic heterocycles. The van der Waals surface area contributed by atoms with Crippen molar-refractivity contribution in [3.8, 4) is 11.4 Å². The number of imidazole rings is 1. The third kappa shape index (κ3) is 5.77. The number of unbranched alkanes of at least 4 members (excludes halogenated alkanes) is 1. The number of benzene rings is 3. The summed E-state index contributed by atoms with van der Waals surface area (Å²) >= 11 is 0. The zero-order valence-corrected chi connectivity index (χ0v) is 21.7. The maximum absolute atomic E-state index is 5.10. The van der Waals surface area contributed by atoms with Crippen LogP contribution in [0.1, 0.15) is 53.9 Å². The molecule has 4 heteroatoms. The lowest BCUT2D eigenvalue weighted by Gasteiger charge is -2.39. The summed E-state index contributed by atoms with van der Waals surface area (Å²) in [5.74, 6) is 1.00. The van der Waals surface area contributed by atoms with E-state index in [9.17, 15) is 0 Å². The molecule has 1 aliphatic rings. The minimum absolute atomic E-state index is 0.299. The number of aromatic amines is 1. The van der Waals surface area contributed by atoms with Gasteiger partial charge in [-0.2, -0.15) is 0 Å². The van der Waals surface area contributed by atoms with E-state index in [0.717, 1.165) is 45.0 Å². The highest BCUT2D eigenvalue weighted by molar-refractivity contribution is 5.56. The first-order valence-corrected chi connectivity index (χ1v) is 13.4. The van der Waals surface area contributed by atoms with E-state index in [4.69, 9.17) is 4.98 Å². The van der Waals surface area contributed by atoms with Gasteiger partial charge in [-0.1, -0.05) is 104 Å². The zero-order chi connectivity index (χ0) is 24.7. The first-order chi connectivity index (χ1) is 17.7. The lowest BCUT2D eigenvalue weighted by Crippen LogP contribution is -2.47. The number of piperazine rings is 1. The molecule has 4 aromatic rings. The summed E-state index contributed by atoms with van der Waals surface area (Å²) in [6.07, 6.45) is 3.44. The Kier molecular flexibility index (Phi) is 7.95. The van der Waals surface area contributed by atoms with Crippen LogP contribution in [0.25, 0.3) is 11.4 Å². The van der Waals surface area contributed by atoms with Crippen LogP contribution in [0.4, 0.5) is 0 Å². The molecule has 1 aliphatic heterocycles. The first kappa shape index (κ1) is 24.5. The summed E-state index contributed by atoms with van der Waals surface area (Å²) in [6.45, 7) is 9.50. The van der Waals surface area contributed by atoms with Gasteiger partial charge in [0.05, 0.1) is 11.7 Å². The molecule has 4 nitrogen and oxygen atoms in total. The molecular weight excluding hydrogens is 440 g/mol. The van der Waals surface area contributed by atoms with E-state index in [2.05, 4.69) is 114 Å². The lowest BCUT2D eigenvalue weighted by molar-refractivity contribution is 0.104. The van der Waals surface area contributed by atoms with Gasteiger partial charge < -0.3 is 4.98 Å². The van der Waals surface area contributed by atoms with Crippen LogP contribution in [-0.4, -0.2) is 45.9 Å². The number of H-pyrrole nitrogens is 1. The monoisotopic (exact) mass is 478 g/mol. The molecule has 0 spiro atoms. The van der Waals surface area contributed by atoms with Gasteiger partial charge >= 0.3 is 0 Å². The molecule has 0 atom stereocenters. The molecule has 36 heavy (non-hydrogen) atoms. The Hall–Kier alpha value is -3.21. The molecule has 3 aromatic carbocycles. The minimum atomic E-state index is 0.299. The molecule has 5 rings (SSSR count). The number of rotatable bonds is 9. The average Bonchev–Trinajstić information content (AvgIpc) is 3.32. The van der Waals surface area contributed by atoms with E-state index in [1.54, 1.807) is 0 Å². The quantitative estimate of drug-likeness (QED) is 0.293. The van der Waals surface area contributed by atoms with Gasteiger partial charge in [0, 0.05) is 44.0 Å². The van der Waals surface area contributed by atoms with Crippen molar-refractivity contribution in [2.75, 3.05) is 26.2 Å². The van der Waals surface area contributed by atoms with Crippen LogP contribution in [0.3, 0.4) is 0 Å². The van der Waals surface area contributed by atoms with Crippen molar-refractivity contribution in [2.45, 2.75) is 45.7 Å². The maximum atomic E-state index is 5.10. The molecule has 0 unspecified atom stereocenters. The second-order valence-corrected chi connectivity index (χ2v) is 10.0. The third-order valence-corrected chi connectivity index (χ3v) is 7.35. The van der Waals surface area contributed by atoms with Crippen molar-refractivity contribution in [1.82, 2.24) is 19.8 Å². The number of nitrogens with one attached hydrogen (secondary N) is 1. The van der Waals surface area contributed by atoms with Gasteiger partial charge in [0.2, 0.25) is 0 Å². The van der Waals surface area contributed by atoms with Crippen molar-refractivity contribution in [1.29, 1.82) is 0 Å². The van der Waals surface area contributed by atoms with Crippen molar-refractivity contribution in [3.05, 3.63) is 113 Å². The standard InChI is InChI=1S/C32H38N4/c1-3-4-15-29-30(34-32(33-29)28-18-16-25(2)17-19-28)24-35-20-22-36(23-21-35)31(26-11-7-5-8-12-26)27-13-9-6-10-14-27/h5-14,16-19,31H,3-4,15,20-24H2,1-2H3,(H,33,34). The van der Waals surface area contributed by atoms with Crippen LogP contribution in [0, 0.1) is 6.92 Å². The zero-order valence-electron chi connectivity index (χ0n) is 21.7. The smallest absolute Gasteiger partial charge is 0.137 e. The number of hydrogen-bond acceptors (Lipinski definition) is 3. The molecule has 1 saturated heterocycles. The Morgan fingerprint density at radius 2 is 1.42 bits per heavy atom. The lowest BCUT2D eigenvalue weighted by atomic mass is 9.96. The highest BCUT2D eigenvalue weighted by Crippen LogP contribution is 2.30. The van der Waals surface area contributed by atoms with E-state index in [1.165, 1.54) is 46.5 Å². The molecule has 0 saturated carbocycles. The fraction of sp³-hybridized carbons (Fsp3) is 0.344. The highest BCUT2D eigenvalue weighted by atomic mass is 15.3. The van der Waals surface area contributed by atoms with Gasteiger partial charge in [-0.3, -0.25) is 9.80 Å². The molecule has 0 bridgehead atoms. The van der Waals surface area contributed by atoms with Crippen LogP contribution < -0.4 is 0 Å². The predicted molar refractivity (Wildman–Crippen MR) is 149 cm³/mol. The van der Waals surface area contributed by atoms with E-state index in [1.807, 2.05) is 0 Å².